The van der Waals surface area contributed by atoms with E-state index in [0.717, 1.165) is 6.42 Å². The summed E-state index contributed by atoms with van der Waals surface area (Å²) in [5.41, 5.74) is 0. The maximum atomic E-state index is 12.2. The SMILES string of the molecule is OC[C@@H]1CCC(F)C1. The van der Waals surface area contributed by atoms with E-state index in [1.165, 1.54) is 0 Å². The fourth-order valence-electron chi connectivity index (χ4n) is 1.18. The molecule has 1 aliphatic carbocycles. The molecule has 0 amide bonds. The van der Waals surface area contributed by atoms with Crippen LogP contribution in [0, 0.1) is 5.92 Å². The van der Waals surface area contributed by atoms with Gasteiger partial charge in [0.1, 0.15) is 6.17 Å². The maximum Gasteiger partial charge on any atom is 0.100 e. The molecule has 1 aliphatic rings. The molecule has 0 radical (unpaired) electrons. The van der Waals surface area contributed by atoms with Crippen molar-refractivity contribution in [3.63, 3.8) is 0 Å². The van der Waals surface area contributed by atoms with Crippen molar-refractivity contribution in [3.8, 4) is 0 Å². The summed E-state index contributed by atoms with van der Waals surface area (Å²) in [7, 11) is 0. The molecule has 0 heterocycles. The Morgan fingerprint density at radius 2 is 2.25 bits per heavy atom. The van der Waals surface area contributed by atoms with E-state index in [0.29, 0.717) is 12.8 Å². The van der Waals surface area contributed by atoms with Gasteiger partial charge >= 0.3 is 0 Å². The van der Waals surface area contributed by atoms with Crippen molar-refractivity contribution >= 4 is 0 Å². The first kappa shape index (κ1) is 6.02. The fraction of sp³-hybridized carbons (Fsp3) is 1.00. The maximum absolute atomic E-state index is 12.2. The molecule has 0 bridgehead atoms. The van der Waals surface area contributed by atoms with E-state index in [1.54, 1.807) is 0 Å². The van der Waals surface area contributed by atoms with E-state index in [4.69, 9.17) is 5.11 Å². The van der Waals surface area contributed by atoms with Crippen molar-refractivity contribution in [2.75, 3.05) is 6.61 Å². The zero-order valence-electron chi connectivity index (χ0n) is 4.81. The van der Waals surface area contributed by atoms with E-state index in [2.05, 4.69) is 0 Å². The number of hydrogen-bond acceptors (Lipinski definition) is 1. The third-order valence-corrected chi connectivity index (χ3v) is 1.74. The molecule has 0 spiro atoms. The molecule has 48 valence electrons. The minimum absolute atomic E-state index is 0.167. The van der Waals surface area contributed by atoms with Crippen molar-refractivity contribution in [2.45, 2.75) is 25.4 Å². The van der Waals surface area contributed by atoms with Gasteiger partial charge in [-0.15, -0.1) is 0 Å². The molecule has 1 fully saturated rings. The van der Waals surface area contributed by atoms with Crippen molar-refractivity contribution in [2.24, 2.45) is 5.92 Å². The van der Waals surface area contributed by atoms with E-state index in [9.17, 15) is 4.39 Å². The molecule has 2 atom stereocenters. The molecular weight excluding hydrogens is 107 g/mol. The lowest BCUT2D eigenvalue weighted by molar-refractivity contribution is 0.219. The average molecular weight is 118 g/mol. The average Bonchev–Trinajstić information content (AvgIpc) is 2.14. The minimum Gasteiger partial charge on any atom is -0.396 e. The van der Waals surface area contributed by atoms with Crippen LogP contribution in [0.15, 0.2) is 0 Å². The first-order chi connectivity index (χ1) is 3.83. The predicted molar refractivity (Wildman–Crippen MR) is 29.3 cm³/mol. The molecule has 1 saturated carbocycles. The molecule has 0 aromatic heterocycles. The Labute approximate surface area is 48.5 Å². The molecule has 2 heteroatoms. The van der Waals surface area contributed by atoms with Crippen molar-refractivity contribution in [3.05, 3.63) is 0 Å². The number of aliphatic hydroxyl groups is 1. The Morgan fingerprint density at radius 3 is 2.50 bits per heavy atom. The monoisotopic (exact) mass is 118 g/mol. The van der Waals surface area contributed by atoms with Gasteiger partial charge in [0.15, 0.2) is 0 Å². The third kappa shape index (κ3) is 1.19. The van der Waals surface area contributed by atoms with Crippen LogP contribution < -0.4 is 0 Å². The molecular formula is C6H11FO. The third-order valence-electron chi connectivity index (χ3n) is 1.74. The summed E-state index contributed by atoms with van der Waals surface area (Å²) < 4.78 is 12.2. The lowest BCUT2D eigenvalue weighted by atomic mass is 10.1. The molecule has 1 nitrogen and oxygen atoms in total. The number of aliphatic hydroxyl groups excluding tert-OH is 1. The van der Waals surface area contributed by atoms with Gasteiger partial charge in [-0.1, -0.05) is 0 Å². The highest BCUT2D eigenvalue weighted by Gasteiger charge is 2.22. The second-order valence-corrected chi connectivity index (χ2v) is 2.46. The second kappa shape index (κ2) is 2.44. The van der Waals surface area contributed by atoms with Crippen LogP contribution in [-0.4, -0.2) is 17.9 Å². The lowest BCUT2D eigenvalue weighted by Gasteiger charge is -1.99. The summed E-state index contributed by atoms with van der Waals surface area (Å²) in [5, 5.41) is 8.52. The Kier molecular flexibility index (Phi) is 1.84. The van der Waals surface area contributed by atoms with Gasteiger partial charge in [0.2, 0.25) is 0 Å². The summed E-state index contributed by atoms with van der Waals surface area (Å²) >= 11 is 0. The van der Waals surface area contributed by atoms with Crippen LogP contribution in [0.4, 0.5) is 4.39 Å². The van der Waals surface area contributed by atoms with Gasteiger partial charge in [0.05, 0.1) is 0 Å². The standard InChI is InChI=1S/C6H11FO/c7-6-2-1-5(3-6)4-8/h5-6,8H,1-4H2/t5-,6?/m1/s1. The summed E-state index contributed by atoms with van der Waals surface area (Å²) in [4.78, 5) is 0. The van der Waals surface area contributed by atoms with Gasteiger partial charge in [0, 0.05) is 6.61 Å². The summed E-state index contributed by atoms with van der Waals surface area (Å²) in [6.45, 7) is 0.167. The normalized spacial score (nSPS) is 38.2. The minimum atomic E-state index is -0.632. The Bertz CT molecular complexity index is 74.9. The van der Waals surface area contributed by atoms with E-state index >= 15 is 0 Å². The van der Waals surface area contributed by atoms with Crippen LogP contribution in [0.25, 0.3) is 0 Å². The number of halogens is 1. The van der Waals surface area contributed by atoms with Crippen LogP contribution in [0.1, 0.15) is 19.3 Å². The predicted octanol–water partition coefficient (Wildman–Crippen LogP) is 1.12. The first-order valence-electron chi connectivity index (χ1n) is 3.08. The van der Waals surface area contributed by atoms with Crippen LogP contribution in [-0.2, 0) is 0 Å². The smallest absolute Gasteiger partial charge is 0.100 e. The highest BCUT2D eigenvalue weighted by Crippen LogP contribution is 2.26. The summed E-state index contributed by atoms with van der Waals surface area (Å²) in [6, 6.07) is 0. The molecule has 0 saturated heterocycles. The zero-order valence-corrected chi connectivity index (χ0v) is 4.81. The van der Waals surface area contributed by atoms with Gasteiger partial charge in [-0.05, 0) is 25.2 Å². The van der Waals surface area contributed by atoms with Crippen LogP contribution >= 0.6 is 0 Å². The number of rotatable bonds is 1. The summed E-state index contributed by atoms with van der Waals surface area (Å²) in [5.74, 6) is 0.255. The van der Waals surface area contributed by atoms with Gasteiger partial charge in [-0.3, -0.25) is 0 Å². The fourth-order valence-corrected chi connectivity index (χ4v) is 1.18. The molecule has 0 aliphatic heterocycles. The van der Waals surface area contributed by atoms with Crippen molar-refractivity contribution in [1.82, 2.24) is 0 Å². The van der Waals surface area contributed by atoms with Gasteiger partial charge in [0.25, 0.3) is 0 Å². The zero-order chi connectivity index (χ0) is 5.98. The topological polar surface area (TPSA) is 20.2 Å². The van der Waals surface area contributed by atoms with E-state index in [1.807, 2.05) is 0 Å². The van der Waals surface area contributed by atoms with Gasteiger partial charge < -0.3 is 5.11 Å². The Hall–Kier alpha value is -0.110. The molecule has 0 aromatic rings. The highest BCUT2D eigenvalue weighted by atomic mass is 19.1. The van der Waals surface area contributed by atoms with Gasteiger partial charge in [-0.2, -0.15) is 0 Å². The summed E-state index contributed by atoms with van der Waals surface area (Å²) in [6.07, 6.45) is 1.48. The van der Waals surface area contributed by atoms with Crippen LogP contribution in [0.2, 0.25) is 0 Å². The molecule has 8 heavy (non-hydrogen) atoms. The Balaban J connectivity index is 2.22. The van der Waals surface area contributed by atoms with Crippen molar-refractivity contribution < 1.29 is 9.50 Å². The number of hydrogen-bond donors (Lipinski definition) is 1. The van der Waals surface area contributed by atoms with E-state index < -0.39 is 6.17 Å². The molecule has 0 aromatic carbocycles. The first-order valence-corrected chi connectivity index (χ1v) is 3.08. The Morgan fingerprint density at radius 1 is 1.50 bits per heavy atom. The molecule has 1 unspecified atom stereocenters. The van der Waals surface area contributed by atoms with Crippen LogP contribution in [0.5, 0.6) is 0 Å². The van der Waals surface area contributed by atoms with Crippen LogP contribution in [0.3, 0.4) is 0 Å². The molecule has 1 N–H and O–H groups in total. The largest absolute Gasteiger partial charge is 0.396 e. The number of alkyl halides is 1. The van der Waals surface area contributed by atoms with Gasteiger partial charge in [-0.25, -0.2) is 4.39 Å². The highest BCUT2D eigenvalue weighted by molar-refractivity contribution is 4.73. The lowest BCUT2D eigenvalue weighted by Crippen LogP contribution is -2.00. The van der Waals surface area contributed by atoms with E-state index in [-0.39, 0.29) is 12.5 Å². The van der Waals surface area contributed by atoms with Crippen molar-refractivity contribution in [1.29, 1.82) is 0 Å². The molecule has 1 rings (SSSR count). The second-order valence-electron chi connectivity index (χ2n) is 2.46. The quantitative estimate of drug-likeness (QED) is 0.547.